The first kappa shape index (κ1) is 27.1. The molecular formula is C24H27Cl2FN4O3S. The van der Waals surface area contributed by atoms with E-state index in [0.29, 0.717) is 33.7 Å². The first-order valence-corrected chi connectivity index (χ1v) is 12.1. The molecule has 3 aromatic rings. The van der Waals surface area contributed by atoms with Crippen LogP contribution in [0.25, 0.3) is 10.2 Å². The van der Waals surface area contributed by atoms with Gasteiger partial charge in [0.2, 0.25) is 11.8 Å². The van der Waals surface area contributed by atoms with E-state index in [4.69, 9.17) is 21.3 Å². The van der Waals surface area contributed by atoms with Crippen molar-refractivity contribution in [2.45, 2.75) is 12.8 Å². The summed E-state index contributed by atoms with van der Waals surface area (Å²) >= 11 is 7.74. The molecule has 1 aliphatic heterocycles. The molecule has 1 aliphatic rings. The van der Waals surface area contributed by atoms with Crippen LogP contribution in [0.2, 0.25) is 5.02 Å². The van der Waals surface area contributed by atoms with Crippen LogP contribution in [0.5, 0.6) is 5.75 Å². The van der Waals surface area contributed by atoms with Gasteiger partial charge >= 0.3 is 0 Å². The summed E-state index contributed by atoms with van der Waals surface area (Å²) in [6.45, 7) is 1.49. The Hall–Kier alpha value is -2.46. The van der Waals surface area contributed by atoms with Crippen LogP contribution in [-0.4, -0.2) is 62.5 Å². The summed E-state index contributed by atoms with van der Waals surface area (Å²) in [4.78, 5) is 36.4. The second-order valence-electron chi connectivity index (χ2n) is 8.45. The van der Waals surface area contributed by atoms with Gasteiger partial charge in [0.05, 0.1) is 22.8 Å². The number of carbonyl (C=O) groups is 2. The molecule has 7 nitrogen and oxygen atoms in total. The van der Waals surface area contributed by atoms with E-state index in [-0.39, 0.29) is 43.0 Å². The van der Waals surface area contributed by atoms with Crippen molar-refractivity contribution in [2.24, 2.45) is 5.92 Å². The highest BCUT2D eigenvalue weighted by Crippen LogP contribution is 2.39. The summed E-state index contributed by atoms with van der Waals surface area (Å²) in [6.07, 6.45) is 0.831. The number of carbonyl (C=O) groups excluding carboxylic acids is 2. The number of methoxy groups -OCH3 is 1. The maximum atomic E-state index is 13.7. The quantitative estimate of drug-likeness (QED) is 0.408. The van der Waals surface area contributed by atoms with Crippen molar-refractivity contribution >= 4 is 68.2 Å². The molecule has 2 aromatic carbocycles. The van der Waals surface area contributed by atoms with Gasteiger partial charge in [0.1, 0.15) is 17.1 Å². The first-order valence-electron chi connectivity index (χ1n) is 10.9. The van der Waals surface area contributed by atoms with Crippen molar-refractivity contribution in [3.05, 3.63) is 47.2 Å². The molecule has 1 unspecified atom stereocenters. The lowest BCUT2D eigenvalue weighted by Crippen LogP contribution is -2.39. The number of benzene rings is 2. The van der Waals surface area contributed by atoms with E-state index in [0.717, 1.165) is 17.7 Å². The molecule has 1 aromatic heterocycles. The third-order valence-electron chi connectivity index (χ3n) is 5.76. The molecule has 0 aliphatic carbocycles. The van der Waals surface area contributed by atoms with Gasteiger partial charge in [-0.25, -0.2) is 9.37 Å². The molecule has 2 heterocycles. The summed E-state index contributed by atoms with van der Waals surface area (Å²) < 4.78 is 19.5. The lowest BCUT2D eigenvalue weighted by atomic mass is 10.1. The van der Waals surface area contributed by atoms with Crippen LogP contribution in [-0.2, 0) is 9.59 Å². The highest BCUT2D eigenvalue weighted by Gasteiger charge is 2.38. The number of nitrogens with zero attached hydrogens (tertiary/aromatic N) is 4. The largest absolute Gasteiger partial charge is 0.494 e. The normalized spacial score (nSPS) is 15.5. The minimum Gasteiger partial charge on any atom is -0.494 e. The molecule has 0 spiro atoms. The molecule has 4 rings (SSSR count). The van der Waals surface area contributed by atoms with Gasteiger partial charge in [-0.15, -0.1) is 12.4 Å². The Morgan fingerprint density at radius 2 is 1.94 bits per heavy atom. The van der Waals surface area contributed by atoms with Crippen LogP contribution in [0.3, 0.4) is 0 Å². The van der Waals surface area contributed by atoms with E-state index >= 15 is 0 Å². The van der Waals surface area contributed by atoms with Gasteiger partial charge < -0.3 is 14.5 Å². The Kier molecular flexibility index (Phi) is 8.93. The van der Waals surface area contributed by atoms with Crippen molar-refractivity contribution in [3.8, 4) is 5.75 Å². The van der Waals surface area contributed by atoms with E-state index < -0.39 is 5.92 Å². The molecule has 0 N–H and O–H groups in total. The third kappa shape index (κ3) is 5.86. The molecule has 1 fully saturated rings. The van der Waals surface area contributed by atoms with E-state index in [1.807, 2.05) is 14.1 Å². The van der Waals surface area contributed by atoms with Crippen molar-refractivity contribution in [1.82, 2.24) is 9.88 Å². The zero-order chi connectivity index (χ0) is 24.4. The predicted octanol–water partition coefficient (Wildman–Crippen LogP) is 4.86. The molecule has 35 heavy (non-hydrogen) atoms. The summed E-state index contributed by atoms with van der Waals surface area (Å²) in [6, 6.07) is 9.22. The SMILES string of the molecule is COc1ccc(Cl)c2sc(N(CCCN(C)C)C(=O)C3CC(=O)N(c4ccc(F)cc4)C3)nc12.Cl. The van der Waals surface area contributed by atoms with Crippen LogP contribution in [0.1, 0.15) is 12.8 Å². The second kappa shape index (κ2) is 11.5. The van der Waals surface area contributed by atoms with E-state index in [2.05, 4.69) is 4.90 Å². The molecule has 1 atom stereocenters. The number of amides is 2. The van der Waals surface area contributed by atoms with Crippen molar-refractivity contribution in [1.29, 1.82) is 0 Å². The fraction of sp³-hybridized carbons (Fsp3) is 0.375. The van der Waals surface area contributed by atoms with Crippen LogP contribution in [0.15, 0.2) is 36.4 Å². The number of hydrogen-bond donors (Lipinski definition) is 0. The Morgan fingerprint density at radius 3 is 2.60 bits per heavy atom. The molecular weight excluding hydrogens is 514 g/mol. The van der Waals surface area contributed by atoms with Gasteiger partial charge in [-0.05, 0) is 63.5 Å². The van der Waals surface area contributed by atoms with E-state index in [9.17, 15) is 14.0 Å². The van der Waals surface area contributed by atoms with E-state index in [1.165, 1.54) is 28.4 Å². The zero-order valence-electron chi connectivity index (χ0n) is 19.7. The van der Waals surface area contributed by atoms with Gasteiger partial charge in [0.15, 0.2) is 5.13 Å². The topological polar surface area (TPSA) is 66.0 Å². The van der Waals surface area contributed by atoms with Gasteiger partial charge in [-0.1, -0.05) is 22.9 Å². The van der Waals surface area contributed by atoms with Gasteiger partial charge in [-0.3, -0.25) is 14.5 Å². The van der Waals surface area contributed by atoms with Gasteiger partial charge in [0.25, 0.3) is 0 Å². The molecule has 2 amide bonds. The highest BCUT2D eigenvalue weighted by atomic mass is 35.5. The standard InChI is InChI=1S/C24H26ClFN4O3S.ClH/c1-28(2)11-4-12-29(24-27-21-19(33-3)10-9-18(25)22(21)34-24)23(32)15-13-20(31)30(14-15)17-7-5-16(26)6-8-17;/h5-10,15H,4,11-14H2,1-3H3;1H. The second-order valence-corrected chi connectivity index (χ2v) is 9.84. The number of aromatic nitrogens is 1. The number of anilines is 2. The minimum atomic E-state index is -0.527. The first-order chi connectivity index (χ1) is 16.3. The third-order valence-corrected chi connectivity index (χ3v) is 7.30. The summed E-state index contributed by atoms with van der Waals surface area (Å²) in [7, 11) is 5.52. The minimum absolute atomic E-state index is 0. The maximum absolute atomic E-state index is 13.7. The fourth-order valence-corrected chi connectivity index (χ4v) is 5.32. The Labute approximate surface area is 218 Å². The predicted molar refractivity (Wildman–Crippen MR) is 141 cm³/mol. The highest BCUT2D eigenvalue weighted by molar-refractivity contribution is 7.23. The Morgan fingerprint density at radius 1 is 1.23 bits per heavy atom. The van der Waals surface area contributed by atoms with Crippen LogP contribution >= 0.6 is 35.3 Å². The number of ether oxygens (including phenoxy) is 1. The number of fused-ring (bicyclic) bond motifs is 1. The lowest BCUT2D eigenvalue weighted by Gasteiger charge is -2.24. The molecule has 11 heteroatoms. The van der Waals surface area contributed by atoms with Gasteiger partial charge in [-0.2, -0.15) is 0 Å². The van der Waals surface area contributed by atoms with Crippen LogP contribution in [0, 0.1) is 11.7 Å². The maximum Gasteiger partial charge on any atom is 0.234 e. The lowest BCUT2D eigenvalue weighted by molar-refractivity contribution is -0.124. The molecule has 188 valence electrons. The number of thiazole rings is 1. The number of rotatable bonds is 8. The summed E-state index contributed by atoms with van der Waals surface area (Å²) in [5.74, 6) is -0.638. The van der Waals surface area contributed by atoms with E-state index in [1.54, 1.807) is 36.3 Å². The monoisotopic (exact) mass is 540 g/mol. The Balaban J connectivity index is 0.00000342. The molecule has 0 bridgehead atoms. The Bertz CT molecular complexity index is 1210. The van der Waals surface area contributed by atoms with Crippen LogP contribution in [0.4, 0.5) is 15.2 Å². The smallest absolute Gasteiger partial charge is 0.234 e. The van der Waals surface area contributed by atoms with Crippen LogP contribution < -0.4 is 14.5 Å². The van der Waals surface area contributed by atoms with Crippen molar-refractivity contribution in [2.75, 3.05) is 50.6 Å². The fourth-order valence-electron chi connectivity index (χ4n) is 4.03. The number of hydrogen-bond acceptors (Lipinski definition) is 6. The summed E-state index contributed by atoms with van der Waals surface area (Å²) in [5.41, 5.74) is 1.19. The number of halogens is 3. The van der Waals surface area contributed by atoms with Crippen molar-refractivity contribution < 1.29 is 18.7 Å². The average molecular weight is 541 g/mol. The van der Waals surface area contributed by atoms with Crippen molar-refractivity contribution in [3.63, 3.8) is 0 Å². The molecule has 0 saturated carbocycles. The zero-order valence-corrected chi connectivity index (χ0v) is 22.1. The van der Waals surface area contributed by atoms with Gasteiger partial charge in [0, 0.05) is 25.2 Å². The molecule has 0 radical (unpaired) electrons. The average Bonchev–Trinajstić information content (AvgIpc) is 3.42. The summed E-state index contributed by atoms with van der Waals surface area (Å²) in [5, 5.41) is 1.07. The molecule has 1 saturated heterocycles.